The molecule has 90 valence electrons. The van der Waals surface area contributed by atoms with Gasteiger partial charge in [-0.1, -0.05) is 6.92 Å². The van der Waals surface area contributed by atoms with Crippen molar-refractivity contribution in [3.05, 3.63) is 47.8 Å². The van der Waals surface area contributed by atoms with E-state index >= 15 is 0 Å². The minimum absolute atomic E-state index is 0.385. The van der Waals surface area contributed by atoms with E-state index in [4.69, 9.17) is 5.73 Å². The Morgan fingerprint density at radius 3 is 2.94 bits per heavy atom. The summed E-state index contributed by atoms with van der Waals surface area (Å²) in [5.41, 5.74) is 7.32. The first-order chi connectivity index (χ1) is 8.24. The van der Waals surface area contributed by atoms with E-state index in [2.05, 4.69) is 17.0 Å². The van der Waals surface area contributed by atoms with Crippen LogP contribution in [0.25, 0.3) is 0 Å². The van der Waals surface area contributed by atoms with Gasteiger partial charge >= 0.3 is 0 Å². The molecular weight excluding hydrogens is 219 g/mol. The molecule has 0 amide bonds. The van der Waals surface area contributed by atoms with Crippen LogP contribution < -0.4 is 5.73 Å². The van der Waals surface area contributed by atoms with Crippen LogP contribution in [-0.4, -0.2) is 14.8 Å². The Hall–Kier alpha value is -1.75. The third-order valence-corrected chi connectivity index (χ3v) is 2.64. The average Bonchev–Trinajstić information content (AvgIpc) is 2.78. The van der Waals surface area contributed by atoms with Gasteiger partial charge in [0.05, 0.1) is 17.9 Å². The lowest BCUT2D eigenvalue weighted by Gasteiger charge is -2.14. The molecule has 0 aliphatic rings. The Morgan fingerprint density at radius 1 is 1.41 bits per heavy atom. The summed E-state index contributed by atoms with van der Waals surface area (Å²) in [6.07, 6.45) is 5.36. The van der Waals surface area contributed by atoms with Gasteiger partial charge in [-0.25, -0.2) is 4.39 Å². The van der Waals surface area contributed by atoms with Crippen molar-refractivity contribution in [2.45, 2.75) is 25.9 Å². The Labute approximate surface area is 99.3 Å². The van der Waals surface area contributed by atoms with Gasteiger partial charge in [-0.2, -0.15) is 5.10 Å². The normalized spacial score (nSPS) is 12.6. The van der Waals surface area contributed by atoms with E-state index in [-0.39, 0.29) is 5.82 Å². The molecule has 1 unspecified atom stereocenters. The smallest absolute Gasteiger partial charge is 0.146 e. The Morgan fingerprint density at radius 2 is 2.24 bits per heavy atom. The van der Waals surface area contributed by atoms with E-state index in [1.807, 2.05) is 10.7 Å². The topological polar surface area (TPSA) is 56.7 Å². The number of nitrogens with two attached hydrogens (primary N) is 1. The van der Waals surface area contributed by atoms with Gasteiger partial charge in [-0.15, -0.1) is 0 Å². The van der Waals surface area contributed by atoms with Gasteiger partial charge in [0.2, 0.25) is 0 Å². The number of pyridine rings is 1. The fourth-order valence-corrected chi connectivity index (χ4v) is 1.80. The molecule has 2 heterocycles. The number of halogens is 1. The third-order valence-electron chi connectivity index (χ3n) is 2.64. The van der Waals surface area contributed by atoms with Crippen LogP contribution in [0, 0.1) is 5.82 Å². The summed E-state index contributed by atoms with van der Waals surface area (Å²) in [4.78, 5) is 3.71. The maximum Gasteiger partial charge on any atom is 0.146 e. The lowest BCUT2D eigenvalue weighted by Crippen LogP contribution is -2.18. The number of nitrogens with zero attached hydrogens (tertiary/aromatic N) is 3. The summed E-state index contributed by atoms with van der Waals surface area (Å²) >= 11 is 0. The van der Waals surface area contributed by atoms with Crippen LogP contribution in [-0.2, 0) is 6.54 Å². The summed E-state index contributed by atoms with van der Waals surface area (Å²) in [5, 5.41) is 4.18. The highest BCUT2D eigenvalue weighted by Crippen LogP contribution is 2.21. The SMILES string of the molecule is CCCn1nccc1C(N)c1ccncc1F. The van der Waals surface area contributed by atoms with E-state index in [1.165, 1.54) is 6.20 Å². The van der Waals surface area contributed by atoms with Crippen molar-refractivity contribution in [2.24, 2.45) is 5.73 Å². The highest BCUT2D eigenvalue weighted by Gasteiger charge is 2.16. The Balaban J connectivity index is 2.34. The van der Waals surface area contributed by atoms with Gasteiger partial charge in [0.1, 0.15) is 5.82 Å². The Kier molecular flexibility index (Phi) is 3.49. The molecule has 0 fully saturated rings. The van der Waals surface area contributed by atoms with Crippen LogP contribution >= 0.6 is 0 Å². The zero-order valence-corrected chi connectivity index (χ0v) is 9.68. The predicted octanol–water partition coefficient (Wildman–Crippen LogP) is 1.88. The standard InChI is InChI=1S/C12H15FN4/c1-2-7-17-11(4-6-16-17)12(14)9-3-5-15-8-10(9)13/h3-6,8,12H,2,7,14H2,1H3. The maximum atomic E-state index is 13.6. The summed E-state index contributed by atoms with van der Waals surface area (Å²) in [6.45, 7) is 2.84. The molecule has 0 aliphatic heterocycles. The number of aromatic nitrogens is 3. The minimum atomic E-state index is -0.507. The third kappa shape index (κ3) is 2.34. The van der Waals surface area contributed by atoms with Gasteiger partial charge in [-0.3, -0.25) is 9.67 Å². The minimum Gasteiger partial charge on any atom is -0.319 e. The lowest BCUT2D eigenvalue weighted by atomic mass is 10.1. The molecule has 4 nitrogen and oxygen atoms in total. The monoisotopic (exact) mass is 234 g/mol. The summed E-state index contributed by atoms with van der Waals surface area (Å²) in [7, 11) is 0. The molecule has 5 heteroatoms. The van der Waals surface area contributed by atoms with E-state index in [9.17, 15) is 4.39 Å². The molecule has 17 heavy (non-hydrogen) atoms. The van der Waals surface area contributed by atoms with Gasteiger partial charge in [0.15, 0.2) is 0 Å². The fraction of sp³-hybridized carbons (Fsp3) is 0.333. The van der Waals surface area contributed by atoms with Crippen molar-refractivity contribution in [1.29, 1.82) is 0 Å². The number of aryl methyl sites for hydroxylation is 1. The van der Waals surface area contributed by atoms with E-state index in [1.54, 1.807) is 18.5 Å². The molecular formula is C12H15FN4. The van der Waals surface area contributed by atoms with Gasteiger partial charge in [0.25, 0.3) is 0 Å². The zero-order valence-electron chi connectivity index (χ0n) is 9.68. The molecule has 2 rings (SSSR count). The molecule has 2 N–H and O–H groups in total. The first-order valence-electron chi connectivity index (χ1n) is 5.60. The quantitative estimate of drug-likeness (QED) is 0.878. The van der Waals surface area contributed by atoms with Crippen LogP contribution in [0.2, 0.25) is 0 Å². The fourth-order valence-electron chi connectivity index (χ4n) is 1.80. The van der Waals surface area contributed by atoms with Crippen molar-refractivity contribution in [3.63, 3.8) is 0 Å². The molecule has 0 spiro atoms. The highest BCUT2D eigenvalue weighted by atomic mass is 19.1. The molecule has 1 atom stereocenters. The van der Waals surface area contributed by atoms with Crippen LogP contribution in [0.5, 0.6) is 0 Å². The zero-order chi connectivity index (χ0) is 12.3. The molecule has 0 saturated heterocycles. The van der Waals surface area contributed by atoms with Crippen LogP contribution in [0.3, 0.4) is 0 Å². The van der Waals surface area contributed by atoms with Gasteiger partial charge < -0.3 is 5.73 Å². The second-order valence-electron chi connectivity index (χ2n) is 3.85. The summed E-state index contributed by atoms with van der Waals surface area (Å²) in [5.74, 6) is -0.385. The molecule has 2 aromatic heterocycles. The Bertz CT molecular complexity index is 495. The van der Waals surface area contributed by atoms with Crippen molar-refractivity contribution in [1.82, 2.24) is 14.8 Å². The highest BCUT2D eigenvalue weighted by molar-refractivity contribution is 5.26. The molecule has 0 saturated carbocycles. The second-order valence-corrected chi connectivity index (χ2v) is 3.85. The van der Waals surface area contributed by atoms with E-state index in [0.29, 0.717) is 5.56 Å². The molecule has 0 radical (unpaired) electrons. The van der Waals surface area contributed by atoms with E-state index in [0.717, 1.165) is 18.7 Å². The first kappa shape index (κ1) is 11.7. The molecule has 0 aromatic carbocycles. The predicted molar refractivity (Wildman–Crippen MR) is 62.7 cm³/mol. The first-order valence-corrected chi connectivity index (χ1v) is 5.60. The number of hydrogen-bond donors (Lipinski definition) is 1. The van der Waals surface area contributed by atoms with Crippen molar-refractivity contribution in [3.8, 4) is 0 Å². The van der Waals surface area contributed by atoms with Crippen LogP contribution in [0.4, 0.5) is 4.39 Å². The molecule has 0 aliphatic carbocycles. The number of rotatable bonds is 4. The summed E-state index contributed by atoms with van der Waals surface area (Å²) < 4.78 is 15.4. The lowest BCUT2D eigenvalue weighted by molar-refractivity contribution is 0.543. The molecule has 2 aromatic rings. The van der Waals surface area contributed by atoms with Crippen LogP contribution in [0.15, 0.2) is 30.7 Å². The second kappa shape index (κ2) is 5.05. The number of hydrogen-bond acceptors (Lipinski definition) is 3. The molecule has 0 bridgehead atoms. The van der Waals surface area contributed by atoms with Crippen molar-refractivity contribution >= 4 is 0 Å². The largest absolute Gasteiger partial charge is 0.319 e. The average molecular weight is 234 g/mol. The van der Waals surface area contributed by atoms with Gasteiger partial charge in [-0.05, 0) is 18.6 Å². The van der Waals surface area contributed by atoms with Crippen molar-refractivity contribution < 1.29 is 4.39 Å². The van der Waals surface area contributed by atoms with Gasteiger partial charge in [0, 0.05) is 24.5 Å². The van der Waals surface area contributed by atoms with Crippen molar-refractivity contribution in [2.75, 3.05) is 0 Å². The van der Waals surface area contributed by atoms with Crippen LogP contribution in [0.1, 0.15) is 30.6 Å². The summed E-state index contributed by atoms with van der Waals surface area (Å²) in [6, 6.07) is 2.91. The van der Waals surface area contributed by atoms with E-state index < -0.39 is 6.04 Å². The maximum absolute atomic E-state index is 13.6.